The van der Waals surface area contributed by atoms with E-state index in [1.807, 2.05) is 24.3 Å². The highest BCUT2D eigenvalue weighted by molar-refractivity contribution is 5.37. The van der Waals surface area contributed by atoms with Crippen LogP contribution >= 0.6 is 0 Å². The highest BCUT2D eigenvalue weighted by Gasteiger charge is 2.34. The van der Waals surface area contributed by atoms with E-state index in [0.29, 0.717) is 24.8 Å². The van der Waals surface area contributed by atoms with E-state index in [0.717, 1.165) is 12.1 Å². The predicted octanol–water partition coefficient (Wildman–Crippen LogP) is 3.00. The van der Waals surface area contributed by atoms with Gasteiger partial charge in [-0.15, -0.1) is 0 Å². The van der Waals surface area contributed by atoms with E-state index in [2.05, 4.69) is 0 Å². The molecule has 0 radical (unpaired) electrons. The maximum atomic E-state index is 13.7. The predicted molar refractivity (Wildman–Crippen MR) is 70.8 cm³/mol. The van der Waals surface area contributed by atoms with Gasteiger partial charge in [0.25, 0.3) is 0 Å². The molecular formula is C16H15F2N. The van der Waals surface area contributed by atoms with Gasteiger partial charge < -0.3 is 5.73 Å². The molecule has 2 N–H and O–H groups in total. The van der Waals surface area contributed by atoms with Gasteiger partial charge in [-0.2, -0.15) is 0 Å². The molecule has 0 amide bonds. The summed E-state index contributed by atoms with van der Waals surface area (Å²) in [5.41, 5.74) is 8.63. The Morgan fingerprint density at radius 1 is 1.00 bits per heavy atom. The van der Waals surface area contributed by atoms with Crippen molar-refractivity contribution in [1.82, 2.24) is 0 Å². The van der Waals surface area contributed by atoms with E-state index < -0.39 is 11.4 Å². The molecule has 3 heteroatoms. The van der Waals surface area contributed by atoms with E-state index in [4.69, 9.17) is 5.73 Å². The summed E-state index contributed by atoms with van der Waals surface area (Å²) in [5, 5.41) is 0. The van der Waals surface area contributed by atoms with E-state index >= 15 is 0 Å². The molecule has 0 bridgehead atoms. The van der Waals surface area contributed by atoms with Crippen molar-refractivity contribution in [3.63, 3.8) is 0 Å². The minimum Gasteiger partial charge on any atom is -0.324 e. The molecule has 2 aromatic rings. The summed E-state index contributed by atoms with van der Waals surface area (Å²) in [6, 6.07) is 11.6. The molecule has 1 nitrogen and oxygen atoms in total. The van der Waals surface area contributed by atoms with E-state index in [1.54, 1.807) is 0 Å². The molecule has 0 saturated carbocycles. The fourth-order valence-corrected chi connectivity index (χ4v) is 2.91. The normalized spacial score (nSPS) is 16.4. The number of hydrogen-bond donors (Lipinski definition) is 1. The van der Waals surface area contributed by atoms with Gasteiger partial charge in [0.2, 0.25) is 0 Å². The lowest BCUT2D eigenvalue weighted by atomic mass is 9.88. The number of rotatable bonds is 2. The van der Waals surface area contributed by atoms with Gasteiger partial charge in [-0.1, -0.05) is 24.3 Å². The Balaban J connectivity index is 1.87. The Morgan fingerprint density at radius 2 is 1.63 bits per heavy atom. The molecule has 0 heterocycles. The number of nitrogens with two attached hydrogens (primary N) is 1. The Bertz CT molecular complexity index is 597. The molecular weight excluding hydrogens is 244 g/mol. The minimum absolute atomic E-state index is 0.352. The molecule has 0 fully saturated rings. The van der Waals surface area contributed by atoms with Gasteiger partial charge in [0.15, 0.2) is 0 Å². The number of halogens is 2. The maximum absolute atomic E-state index is 13.7. The molecule has 1 aliphatic carbocycles. The average Bonchev–Trinajstić information content (AvgIpc) is 2.69. The molecule has 0 aromatic heterocycles. The van der Waals surface area contributed by atoms with Crippen molar-refractivity contribution in [2.45, 2.75) is 24.8 Å². The standard InChI is InChI=1S/C16H15F2N/c17-14-5-6-15(18)13(7-14)10-16(19)8-11-3-1-2-4-12(11)9-16/h1-7H,8-10,19H2. The zero-order valence-corrected chi connectivity index (χ0v) is 10.5. The Labute approximate surface area is 111 Å². The number of hydrogen-bond acceptors (Lipinski definition) is 1. The first kappa shape index (κ1) is 12.3. The third kappa shape index (κ3) is 2.38. The molecule has 19 heavy (non-hydrogen) atoms. The summed E-state index contributed by atoms with van der Waals surface area (Å²) in [7, 11) is 0. The lowest BCUT2D eigenvalue weighted by molar-refractivity contribution is 0.434. The lowest BCUT2D eigenvalue weighted by Gasteiger charge is -2.24. The summed E-state index contributed by atoms with van der Waals surface area (Å²) in [6.07, 6.45) is 1.77. The first-order chi connectivity index (χ1) is 9.06. The number of benzene rings is 2. The summed E-state index contributed by atoms with van der Waals surface area (Å²) in [6.45, 7) is 0. The molecule has 1 aliphatic rings. The highest BCUT2D eigenvalue weighted by Crippen LogP contribution is 2.31. The molecule has 0 spiro atoms. The summed E-state index contributed by atoms with van der Waals surface area (Å²) in [4.78, 5) is 0. The number of fused-ring (bicyclic) bond motifs is 1. The van der Waals surface area contributed by atoms with Gasteiger partial charge in [0.05, 0.1) is 0 Å². The van der Waals surface area contributed by atoms with Crippen LogP contribution in [-0.2, 0) is 19.3 Å². The van der Waals surface area contributed by atoms with E-state index in [-0.39, 0.29) is 5.82 Å². The molecule has 0 aliphatic heterocycles. The van der Waals surface area contributed by atoms with Gasteiger partial charge in [-0.3, -0.25) is 0 Å². The second kappa shape index (κ2) is 4.42. The lowest BCUT2D eigenvalue weighted by Crippen LogP contribution is -2.43. The van der Waals surface area contributed by atoms with Crippen LogP contribution in [0, 0.1) is 11.6 Å². The van der Waals surface area contributed by atoms with Crippen molar-refractivity contribution in [2.24, 2.45) is 5.73 Å². The summed E-state index contributed by atoms with van der Waals surface area (Å²) in [5.74, 6) is -0.808. The topological polar surface area (TPSA) is 26.0 Å². The smallest absolute Gasteiger partial charge is 0.126 e. The largest absolute Gasteiger partial charge is 0.324 e. The van der Waals surface area contributed by atoms with Crippen LogP contribution in [0.3, 0.4) is 0 Å². The van der Waals surface area contributed by atoms with Crippen molar-refractivity contribution in [3.8, 4) is 0 Å². The SMILES string of the molecule is NC1(Cc2cc(F)ccc2F)Cc2ccccc2C1. The second-order valence-electron chi connectivity index (χ2n) is 5.40. The molecule has 0 saturated heterocycles. The van der Waals surface area contributed by atoms with Gasteiger partial charge >= 0.3 is 0 Å². The van der Waals surface area contributed by atoms with Gasteiger partial charge in [-0.05, 0) is 54.2 Å². The Morgan fingerprint density at radius 3 is 2.26 bits per heavy atom. The van der Waals surface area contributed by atoms with Crippen LogP contribution in [0.5, 0.6) is 0 Å². The van der Waals surface area contributed by atoms with Crippen LogP contribution in [0.4, 0.5) is 8.78 Å². The van der Waals surface area contributed by atoms with Crippen LogP contribution in [-0.4, -0.2) is 5.54 Å². The minimum atomic E-state index is -0.516. The summed E-state index contributed by atoms with van der Waals surface area (Å²) < 4.78 is 26.9. The van der Waals surface area contributed by atoms with Gasteiger partial charge in [0, 0.05) is 5.54 Å². The van der Waals surface area contributed by atoms with Crippen LogP contribution in [0.2, 0.25) is 0 Å². The molecule has 0 unspecified atom stereocenters. The van der Waals surface area contributed by atoms with Crippen molar-refractivity contribution >= 4 is 0 Å². The van der Waals surface area contributed by atoms with Crippen LogP contribution < -0.4 is 5.73 Å². The average molecular weight is 259 g/mol. The third-order valence-electron chi connectivity index (χ3n) is 3.75. The molecule has 2 aromatic carbocycles. The Kier molecular flexibility index (Phi) is 2.86. The van der Waals surface area contributed by atoms with Crippen LogP contribution in [0.15, 0.2) is 42.5 Å². The second-order valence-corrected chi connectivity index (χ2v) is 5.40. The monoisotopic (exact) mass is 259 g/mol. The van der Waals surface area contributed by atoms with Crippen molar-refractivity contribution in [1.29, 1.82) is 0 Å². The van der Waals surface area contributed by atoms with Crippen molar-refractivity contribution in [3.05, 3.63) is 70.8 Å². The molecule has 98 valence electrons. The Hall–Kier alpha value is -1.74. The van der Waals surface area contributed by atoms with Crippen molar-refractivity contribution < 1.29 is 8.78 Å². The van der Waals surface area contributed by atoms with Gasteiger partial charge in [0.1, 0.15) is 11.6 Å². The van der Waals surface area contributed by atoms with E-state index in [9.17, 15) is 8.78 Å². The fraction of sp³-hybridized carbons (Fsp3) is 0.250. The third-order valence-corrected chi connectivity index (χ3v) is 3.75. The molecule has 0 atom stereocenters. The van der Waals surface area contributed by atoms with E-state index in [1.165, 1.54) is 17.2 Å². The van der Waals surface area contributed by atoms with Crippen LogP contribution in [0.1, 0.15) is 16.7 Å². The quantitative estimate of drug-likeness (QED) is 0.881. The van der Waals surface area contributed by atoms with Crippen molar-refractivity contribution in [2.75, 3.05) is 0 Å². The first-order valence-electron chi connectivity index (χ1n) is 6.35. The highest BCUT2D eigenvalue weighted by atomic mass is 19.1. The fourth-order valence-electron chi connectivity index (χ4n) is 2.91. The molecule has 3 rings (SSSR count). The van der Waals surface area contributed by atoms with Gasteiger partial charge in [-0.25, -0.2) is 8.78 Å². The van der Waals surface area contributed by atoms with Crippen LogP contribution in [0.25, 0.3) is 0 Å². The zero-order chi connectivity index (χ0) is 13.5. The maximum Gasteiger partial charge on any atom is 0.126 e. The zero-order valence-electron chi connectivity index (χ0n) is 10.5. The summed E-state index contributed by atoms with van der Waals surface area (Å²) >= 11 is 0. The first-order valence-corrected chi connectivity index (χ1v) is 6.35.